The minimum absolute atomic E-state index is 0.0106. The third kappa shape index (κ3) is 6.90. The lowest BCUT2D eigenvalue weighted by molar-refractivity contribution is -0.113. The van der Waals surface area contributed by atoms with Crippen molar-refractivity contribution in [2.75, 3.05) is 0 Å². The van der Waals surface area contributed by atoms with E-state index in [1.165, 1.54) is 0 Å². The Kier molecular flexibility index (Phi) is 8.88. The van der Waals surface area contributed by atoms with Gasteiger partial charge in [0.2, 0.25) is 5.78 Å². The van der Waals surface area contributed by atoms with Crippen molar-refractivity contribution in [2.24, 2.45) is 10.8 Å². The van der Waals surface area contributed by atoms with Gasteiger partial charge in [-0.2, -0.15) is 0 Å². The van der Waals surface area contributed by atoms with Gasteiger partial charge in [0.1, 0.15) is 17.3 Å². The van der Waals surface area contributed by atoms with Crippen molar-refractivity contribution in [1.82, 2.24) is 0 Å². The van der Waals surface area contributed by atoms with Crippen molar-refractivity contribution in [2.45, 2.75) is 93.9 Å². The van der Waals surface area contributed by atoms with Crippen LogP contribution in [0.4, 0.5) is 0 Å². The Bertz CT molecular complexity index is 1840. The van der Waals surface area contributed by atoms with E-state index in [0.29, 0.717) is 22.3 Å². The van der Waals surface area contributed by atoms with Crippen LogP contribution in [0.1, 0.15) is 111 Å². The fourth-order valence-electron chi connectivity index (χ4n) is 5.76. The molecular weight excluding hydrogens is 592 g/mol. The number of hydrogen-bond acceptors (Lipinski definition) is 3. The molecule has 0 unspecified atom stereocenters. The third-order valence-electron chi connectivity index (χ3n) is 8.67. The van der Waals surface area contributed by atoms with Crippen LogP contribution in [0.2, 0.25) is 0 Å². The molecule has 0 bridgehead atoms. The highest BCUT2D eigenvalue weighted by atomic mass is 16.5. The molecule has 0 spiro atoms. The van der Waals surface area contributed by atoms with Crippen LogP contribution in [0.5, 0.6) is 0 Å². The third-order valence-corrected chi connectivity index (χ3v) is 8.67. The van der Waals surface area contributed by atoms with Crippen molar-refractivity contribution >= 4 is 16.9 Å². The number of aliphatic hydroxyl groups excluding tert-OH is 1. The summed E-state index contributed by atoms with van der Waals surface area (Å²) in [4.78, 5) is 14.7. The van der Waals surface area contributed by atoms with E-state index in [-0.39, 0.29) is 33.2 Å². The first-order chi connectivity index (χ1) is 22.2. The summed E-state index contributed by atoms with van der Waals surface area (Å²) in [5.41, 5.74) is 4.24. The molecule has 1 aliphatic heterocycles. The van der Waals surface area contributed by atoms with Crippen LogP contribution >= 0.6 is 0 Å². The Balaban J connectivity index is 1.88. The summed E-state index contributed by atoms with van der Waals surface area (Å²) in [6.07, 6.45) is 4.05. The largest absolute Gasteiger partial charge is 0.506 e. The Morgan fingerprint density at radius 1 is 0.583 bits per heavy atom. The second kappa shape index (κ2) is 12.2. The average molecular weight is 644 g/mol. The number of carbonyl (C=O) groups is 1. The number of aliphatic hydroxyl groups is 1. The van der Waals surface area contributed by atoms with Crippen molar-refractivity contribution in [3.63, 3.8) is 0 Å². The average Bonchev–Trinajstić information content (AvgIpc) is 3.01. The summed E-state index contributed by atoms with van der Waals surface area (Å²) in [5, 5.41) is 12.2. The molecule has 0 atom stereocenters. The maximum atomic E-state index is 14.7. The first-order valence-electron chi connectivity index (χ1n) is 16.9. The monoisotopic (exact) mass is 643 g/mol. The predicted molar refractivity (Wildman–Crippen MR) is 197 cm³/mol. The van der Waals surface area contributed by atoms with Crippen LogP contribution in [0.25, 0.3) is 11.1 Å². The number of ketones is 1. The van der Waals surface area contributed by atoms with Crippen LogP contribution in [0.3, 0.4) is 0 Å². The van der Waals surface area contributed by atoms with E-state index >= 15 is 0 Å². The lowest BCUT2D eigenvalue weighted by atomic mass is 9.73. The molecule has 48 heavy (non-hydrogen) atoms. The van der Waals surface area contributed by atoms with Gasteiger partial charge in [0.15, 0.2) is 0 Å². The highest BCUT2D eigenvalue weighted by Gasteiger charge is 2.42. The van der Waals surface area contributed by atoms with Gasteiger partial charge in [-0.1, -0.05) is 102 Å². The fraction of sp³-hybridized carbons (Fsp3) is 0.364. The molecule has 1 aliphatic carbocycles. The highest BCUT2D eigenvalue weighted by Crippen LogP contribution is 2.48. The zero-order valence-electron chi connectivity index (χ0n) is 30.8. The predicted octanol–water partition coefficient (Wildman–Crippen LogP) is 11.7. The van der Waals surface area contributed by atoms with E-state index < -0.39 is 0 Å². The number of ether oxygens (including phenoxy) is 1. The van der Waals surface area contributed by atoms with Gasteiger partial charge in [-0.3, -0.25) is 4.79 Å². The number of Topliss-reactive ketones (excluding diaryl/α,β-unsaturated/α-hetero) is 1. The Morgan fingerprint density at radius 2 is 1.00 bits per heavy atom. The quantitative estimate of drug-likeness (QED) is 0.227. The summed E-state index contributed by atoms with van der Waals surface area (Å²) in [5.74, 6) is 3.03. The van der Waals surface area contributed by atoms with E-state index in [0.717, 1.165) is 45.3 Å². The summed E-state index contributed by atoms with van der Waals surface area (Å²) < 4.78 is 13.0. The number of carbonyl (C=O) groups excluding carboxylic acids is 1. The highest BCUT2D eigenvalue weighted by molar-refractivity contribution is 6.32. The molecule has 0 radical (unpaired) electrons. The van der Waals surface area contributed by atoms with Gasteiger partial charge < -0.3 is 9.84 Å². The Morgan fingerprint density at radius 3 is 1.38 bits per heavy atom. The van der Waals surface area contributed by atoms with Crippen molar-refractivity contribution in [3.8, 4) is 0 Å². The number of hydrogen-bond donors (Lipinski definition) is 1. The Labute approximate surface area is 287 Å². The van der Waals surface area contributed by atoms with Crippen LogP contribution in [0.15, 0.2) is 123 Å². The lowest BCUT2D eigenvalue weighted by Crippen LogP contribution is -2.27. The molecule has 2 aromatic carbocycles. The summed E-state index contributed by atoms with van der Waals surface area (Å²) in [6.45, 7) is 25.4. The lowest BCUT2D eigenvalue weighted by Gasteiger charge is -2.34. The van der Waals surface area contributed by atoms with Crippen molar-refractivity contribution in [3.05, 3.63) is 147 Å². The first kappa shape index (κ1) is 34.9. The minimum Gasteiger partial charge on any atom is -0.506 e. The Hall–Kier alpha value is -4.44. The number of allylic oxidation sites excluding steroid dienone is 8. The van der Waals surface area contributed by atoms with E-state index in [4.69, 9.17) is 9.15 Å². The number of benzene rings is 2. The molecular formula is C44H51O4+. The van der Waals surface area contributed by atoms with Crippen molar-refractivity contribution in [1.29, 1.82) is 0 Å². The maximum Gasteiger partial charge on any atom is 0.335 e. The molecule has 5 rings (SSSR count). The van der Waals surface area contributed by atoms with Crippen LogP contribution in [0, 0.1) is 10.8 Å². The topological polar surface area (TPSA) is 57.8 Å². The smallest absolute Gasteiger partial charge is 0.335 e. The molecule has 4 heteroatoms. The maximum absolute atomic E-state index is 14.7. The van der Waals surface area contributed by atoms with E-state index in [2.05, 4.69) is 83.1 Å². The van der Waals surface area contributed by atoms with Gasteiger partial charge in [-0.15, -0.1) is 0 Å². The normalized spacial score (nSPS) is 17.0. The summed E-state index contributed by atoms with van der Waals surface area (Å²) in [7, 11) is 0. The SMILES string of the molecule is CC(C)(C)C1=CC(=C(C2=C(O)C(=C(c3ccccc3)c3cc(C(C)(C)C)[o+]c(C(C)(C)C)c3)C2=O)c2ccccc2)C=C(C(C)(C)C)O1. The molecule has 250 valence electrons. The molecule has 2 aliphatic rings. The van der Waals surface area contributed by atoms with E-state index in [1.54, 1.807) is 0 Å². The number of rotatable bonds is 4. The summed E-state index contributed by atoms with van der Waals surface area (Å²) >= 11 is 0. The van der Waals surface area contributed by atoms with Crippen LogP contribution < -0.4 is 0 Å². The molecule has 1 N–H and O–H groups in total. The van der Waals surface area contributed by atoms with Gasteiger partial charge in [0.05, 0.1) is 22.0 Å². The summed E-state index contributed by atoms with van der Waals surface area (Å²) in [6, 6.07) is 23.8. The molecule has 2 heterocycles. The molecule has 0 saturated heterocycles. The standard InChI is InChI=1S/C44H50O4/c1-41(2,3)31-23-29(24-32(47-31)42(4,5)6)35(27-19-15-13-16-20-27)37-39(45)38(40(37)46)36(28-21-17-14-18-22-28)30-25-33(43(7,8)9)48-34(26-30)44(10,11)12/h13-26H,1-12H3/p+1. The minimum atomic E-state index is -0.280. The van der Waals surface area contributed by atoms with Gasteiger partial charge >= 0.3 is 11.5 Å². The van der Waals surface area contributed by atoms with Gasteiger partial charge in [0.25, 0.3) is 0 Å². The molecule has 0 saturated carbocycles. The molecule has 1 aromatic heterocycles. The van der Waals surface area contributed by atoms with Crippen LogP contribution in [-0.4, -0.2) is 10.9 Å². The second-order valence-electron chi connectivity index (χ2n) is 17.1. The van der Waals surface area contributed by atoms with Gasteiger partial charge in [-0.25, -0.2) is 4.42 Å². The molecule has 0 fully saturated rings. The van der Waals surface area contributed by atoms with E-state index in [1.807, 2.05) is 84.9 Å². The first-order valence-corrected chi connectivity index (χ1v) is 16.9. The van der Waals surface area contributed by atoms with E-state index in [9.17, 15) is 9.90 Å². The van der Waals surface area contributed by atoms with Crippen molar-refractivity contribution < 1.29 is 19.1 Å². The zero-order valence-corrected chi connectivity index (χ0v) is 30.8. The van der Waals surface area contributed by atoms with Gasteiger partial charge in [0, 0.05) is 39.7 Å². The zero-order chi connectivity index (χ0) is 35.4. The molecule has 4 nitrogen and oxygen atoms in total. The molecule has 0 amide bonds. The van der Waals surface area contributed by atoms with Gasteiger partial charge in [-0.05, 0) is 70.4 Å². The molecule has 3 aromatic rings. The fourth-order valence-corrected chi connectivity index (χ4v) is 5.76. The van der Waals surface area contributed by atoms with Crippen LogP contribution in [-0.2, 0) is 20.4 Å². The second-order valence-corrected chi connectivity index (χ2v) is 17.1.